The molecular weight excluding hydrogens is 280 g/mol. The summed E-state index contributed by atoms with van der Waals surface area (Å²) in [5.41, 5.74) is 7.85. The lowest BCUT2D eigenvalue weighted by Crippen LogP contribution is -2.21. The third kappa shape index (κ3) is 4.84. The van der Waals surface area contributed by atoms with Gasteiger partial charge < -0.3 is 15.7 Å². The normalized spacial score (nSPS) is 16.5. The Morgan fingerprint density at radius 2 is 1.86 bits per heavy atom. The summed E-state index contributed by atoms with van der Waals surface area (Å²) in [6, 6.07) is 7.48. The van der Waals surface area contributed by atoms with Gasteiger partial charge in [-0.2, -0.15) is 0 Å². The van der Waals surface area contributed by atoms with E-state index in [9.17, 15) is 4.79 Å². The minimum Gasteiger partial charge on any atom is -0.462 e. The van der Waals surface area contributed by atoms with Gasteiger partial charge in [0.05, 0.1) is 12.1 Å². The predicted molar refractivity (Wildman–Crippen MR) is 84.9 cm³/mol. The average molecular weight is 304 g/mol. The second-order valence-corrected chi connectivity index (χ2v) is 5.70. The van der Waals surface area contributed by atoms with Gasteiger partial charge in [-0.1, -0.05) is 35.8 Å². The van der Waals surface area contributed by atoms with Crippen LogP contribution in [0, 0.1) is 0 Å². The molecule has 0 aliphatic heterocycles. The van der Waals surface area contributed by atoms with Crippen LogP contribution in [0.25, 0.3) is 0 Å². The summed E-state index contributed by atoms with van der Waals surface area (Å²) >= 11 is 0. The summed E-state index contributed by atoms with van der Waals surface area (Å²) in [6.45, 7) is 0.472. The van der Waals surface area contributed by atoms with Gasteiger partial charge in [0.25, 0.3) is 0 Å². The van der Waals surface area contributed by atoms with E-state index in [0.29, 0.717) is 18.7 Å². The van der Waals surface area contributed by atoms with Crippen molar-refractivity contribution in [1.82, 2.24) is 0 Å². The average Bonchev–Trinajstić information content (AvgIpc) is 2.57. The maximum atomic E-state index is 11.9. The Labute approximate surface area is 131 Å². The Kier molecular flexibility index (Phi) is 6.40. The fourth-order valence-electron chi connectivity index (χ4n) is 2.73. The van der Waals surface area contributed by atoms with E-state index < -0.39 is 0 Å². The van der Waals surface area contributed by atoms with Crippen molar-refractivity contribution in [2.75, 3.05) is 0 Å². The van der Waals surface area contributed by atoms with Crippen LogP contribution in [0.4, 0.5) is 0 Å². The van der Waals surface area contributed by atoms with E-state index in [1.807, 2.05) is 24.3 Å². The topological polar surface area (TPSA) is 84.9 Å². The molecule has 0 bridgehead atoms. The van der Waals surface area contributed by atoms with Gasteiger partial charge in [-0.05, 0) is 36.8 Å². The second kappa shape index (κ2) is 8.54. The molecule has 120 valence electrons. The molecule has 0 heterocycles. The quantitative estimate of drug-likeness (QED) is 0.366. The Bertz CT molecular complexity index is 505. The van der Waals surface area contributed by atoms with Crippen LogP contribution in [0.1, 0.15) is 56.1 Å². The number of hydrogen-bond acceptors (Lipinski definition) is 5. The molecule has 22 heavy (non-hydrogen) atoms. The van der Waals surface area contributed by atoms with Gasteiger partial charge in [0.15, 0.2) is 0 Å². The number of nitrogens with two attached hydrogens (primary N) is 1. The van der Waals surface area contributed by atoms with Crippen molar-refractivity contribution >= 4 is 11.7 Å². The fourth-order valence-corrected chi connectivity index (χ4v) is 2.73. The van der Waals surface area contributed by atoms with Crippen LogP contribution in [0.15, 0.2) is 29.4 Å². The third-order valence-corrected chi connectivity index (χ3v) is 4.06. The minimum absolute atomic E-state index is 0.0691. The summed E-state index contributed by atoms with van der Waals surface area (Å²) in [4.78, 5) is 11.9. The van der Waals surface area contributed by atoms with Crippen molar-refractivity contribution in [3.8, 4) is 0 Å². The van der Waals surface area contributed by atoms with Crippen LogP contribution >= 0.6 is 0 Å². The van der Waals surface area contributed by atoms with Crippen molar-refractivity contribution < 1.29 is 14.7 Å². The summed E-state index contributed by atoms with van der Waals surface area (Å²) in [6.07, 6.45) is 6.09. The van der Waals surface area contributed by atoms with Gasteiger partial charge in [0, 0.05) is 13.0 Å². The zero-order valence-electron chi connectivity index (χ0n) is 12.8. The highest BCUT2D eigenvalue weighted by Gasteiger charge is 2.18. The van der Waals surface area contributed by atoms with Gasteiger partial charge in [0.2, 0.25) is 0 Å². The number of esters is 1. The van der Waals surface area contributed by atoms with Crippen molar-refractivity contribution in [2.45, 2.75) is 57.6 Å². The highest BCUT2D eigenvalue weighted by molar-refractivity contribution is 6.01. The van der Waals surface area contributed by atoms with E-state index in [1.54, 1.807) is 0 Å². The minimum atomic E-state index is -0.216. The summed E-state index contributed by atoms with van der Waals surface area (Å²) < 4.78 is 5.47. The molecular formula is C17H24N2O3. The van der Waals surface area contributed by atoms with E-state index in [1.165, 1.54) is 6.42 Å². The molecule has 0 amide bonds. The van der Waals surface area contributed by atoms with Gasteiger partial charge in [0.1, 0.15) is 6.10 Å². The molecule has 0 radical (unpaired) electrons. The number of carbonyl (C=O) groups excluding carboxylic acids is 1. The molecule has 0 aromatic heterocycles. The lowest BCUT2D eigenvalue weighted by molar-refractivity contribution is -0.150. The molecule has 3 N–H and O–H groups in total. The zero-order valence-corrected chi connectivity index (χ0v) is 12.8. The number of benzene rings is 1. The highest BCUT2D eigenvalue weighted by Crippen LogP contribution is 2.21. The van der Waals surface area contributed by atoms with Gasteiger partial charge in [-0.3, -0.25) is 4.79 Å². The molecule has 1 aromatic rings. The van der Waals surface area contributed by atoms with Crippen LogP contribution in [0.2, 0.25) is 0 Å². The van der Waals surface area contributed by atoms with Crippen molar-refractivity contribution in [1.29, 1.82) is 0 Å². The number of hydrogen-bond donors (Lipinski definition) is 2. The molecule has 1 saturated carbocycles. The molecule has 1 aliphatic carbocycles. The van der Waals surface area contributed by atoms with Crippen LogP contribution in [-0.2, 0) is 16.1 Å². The van der Waals surface area contributed by atoms with Gasteiger partial charge in [-0.25, -0.2) is 0 Å². The first-order valence-corrected chi connectivity index (χ1v) is 7.92. The van der Waals surface area contributed by atoms with Crippen LogP contribution in [0.5, 0.6) is 0 Å². The highest BCUT2D eigenvalue weighted by atomic mass is 16.5. The largest absolute Gasteiger partial charge is 0.462 e. The zero-order chi connectivity index (χ0) is 15.8. The Morgan fingerprint density at radius 3 is 2.45 bits per heavy atom. The van der Waals surface area contributed by atoms with Gasteiger partial charge in [-0.15, -0.1) is 0 Å². The third-order valence-electron chi connectivity index (χ3n) is 4.06. The van der Waals surface area contributed by atoms with Crippen LogP contribution in [0.3, 0.4) is 0 Å². The molecule has 2 rings (SSSR count). The Balaban J connectivity index is 1.83. The van der Waals surface area contributed by atoms with E-state index >= 15 is 0 Å². The summed E-state index contributed by atoms with van der Waals surface area (Å²) in [5.74, 6) is -0.216. The molecule has 1 aromatic carbocycles. The fraction of sp³-hybridized carbons (Fsp3) is 0.529. The summed E-state index contributed by atoms with van der Waals surface area (Å²) in [7, 11) is 0. The molecule has 0 atom stereocenters. The first-order valence-electron chi connectivity index (χ1n) is 7.92. The number of carbonyl (C=O) groups is 1. The van der Waals surface area contributed by atoms with E-state index in [4.69, 9.17) is 15.7 Å². The number of rotatable bonds is 6. The van der Waals surface area contributed by atoms with Gasteiger partial charge >= 0.3 is 5.97 Å². The molecule has 0 spiro atoms. The second-order valence-electron chi connectivity index (χ2n) is 5.70. The Hall–Kier alpha value is -1.88. The molecule has 0 unspecified atom stereocenters. The van der Waals surface area contributed by atoms with E-state index in [2.05, 4.69) is 5.16 Å². The number of ether oxygens (including phenoxy) is 1. The van der Waals surface area contributed by atoms with E-state index in [0.717, 1.165) is 36.8 Å². The SMILES string of the molecule is NCc1ccc(C(CCC(=O)OC2CCCCC2)=NO)cc1. The lowest BCUT2D eigenvalue weighted by Gasteiger charge is -2.21. The maximum absolute atomic E-state index is 11.9. The smallest absolute Gasteiger partial charge is 0.306 e. The predicted octanol–water partition coefficient (Wildman–Crippen LogP) is 2.98. The standard InChI is InChI=1S/C17H24N2O3/c18-12-13-6-8-14(9-7-13)16(19-21)10-11-17(20)22-15-4-2-1-3-5-15/h6-9,15,21H,1-5,10-12,18H2. The van der Waals surface area contributed by atoms with Crippen molar-refractivity contribution in [2.24, 2.45) is 10.9 Å². The number of oxime groups is 1. The first-order chi connectivity index (χ1) is 10.7. The molecule has 0 saturated heterocycles. The van der Waals surface area contributed by atoms with Crippen LogP contribution in [-0.4, -0.2) is 23.0 Å². The summed E-state index contributed by atoms with van der Waals surface area (Å²) in [5, 5.41) is 12.5. The molecule has 1 fully saturated rings. The monoisotopic (exact) mass is 304 g/mol. The van der Waals surface area contributed by atoms with Crippen molar-refractivity contribution in [3.63, 3.8) is 0 Å². The lowest BCUT2D eigenvalue weighted by atomic mass is 9.98. The van der Waals surface area contributed by atoms with E-state index in [-0.39, 0.29) is 18.5 Å². The maximum Gasteiger partial charge on any atom is 0.306 e. The van der Waals surface area contributed by atoms with Crippen molar-refractivity contribution in [3.05, 3.63) is 35.4 Å². The van der Waals surface area contributed by atoms with Crippen LogP contribution < -0.4 is 5.73 Å². The molecule has 5 heteroatoms. The molecule has 1 aliphatic rings. The first kappa shape index (κ1) is 16.5. The number of nitrogens with zero attached hydrogens (tertiary/aromatic N) is 1. The molecule has 5 nitrogen and oxygen atoms in total. The Morgan fingerprint density at radius 1 is 1.18 bits per heavy atom.